The fourth-order valence-electron chi connectivity index (χ4n) is 2.65. The van der Waals surface area contributed by atoms with E-state index in [0.717, 1.165) is 12.1 Å². The van der Waals surface area contributed by atoms with Crippen molar-refractivity contribution in [1.82, 2.24) is 9.80 Å². The van der Waals surface area contributed by atoms with Gasteiger partial charge < -0.3 is 9.80 Å². The van der Waals surface area contributed by atoms with Gasteiger partial charge in [-0.2, -0.15) is 0 Å². The van der Waals surface area contributed by atoms with Crippen LogP contribution in [0.25, 0.3) is 0 Å². The van der Waals surface area contributed by atoms with E-state index < -0.39 is 0 Å². The summed E-state index contributed by atoms with van der Waals surface area (Å²) in [6.45, 7) is 9.98. The number of nitrogens with zero attached hydrogens (tertiary/aromatic N) is 2. The Bertz CT molecular complexity index is 175. The first kappa shape index (κ1) is 11.4. The first-order chi connectivity index (χ1) is 7.27. The quantitative estimate of drug-likeness (QED) is 0.690. The van der Waals surface area contributed by atoms with Crippen LogP contribution >= 0.6 is 0 Å². The normalized spacial score (nSPS) is 27.4. The molecule has 0 aromatic heterocycles. The Balaban J connectivity index is 1.80. The van der Waals surface area contributed by atoms with Crippen LogP contribution < -0.4 is 0 Å². The van der Waals surface area contributed by atoms with E-state index in [1.165, 1.54) is 58.3 Å². The summed E-state index contributed by atoms with van der Waals surface area (Å²) >= 11 is 0. The minimum atomic E-state index is 0.734. The molecule has 0 spiro atoms. The lowest BCUT2D eigenvalue weighted by Crippen LogP contribution is -2.33. The van der Waals surface area contributed by atoms with E-state index in [1.54, 1.807) is 0 Å². The smallest absolute Gasteiger partial charge is 0.00964 e. The highest BCUT2D eigenvalue weighted by atomic mass is 15.2. The fourth-order valence-corrected chi connectivity index (χ4v) is 2.65. The molecular formula is C13H26N2. The average molecular weight is 210 g/mol. The molecule has 0 unspecified atom stereocenters. The predicted octanol–water partition coefficient (Wildman–Crippen LogP) is 2.35. The van der Waals surface area contributed by atoms with Gasteiger partial charge in [-0.05, 0) is 72.1 Å². The highest BCUT2D eigenvalue weighted by molar-refractivity contribution is 4.85. The van der Waals surface area contributed by atoms with Gasteiger partial charge in [0.2, 0.25) is 0 Å². The fraction of sp³-hybridized carbons (Fsp3) is 1.00. The second kappa shape index (κ2) is 5.31. The summed E-state index contributed by atoms with van der Waals surface area (Å²) < 4.78 is 0. The van der Waals surface area contributed by atoms with Crippen molar-refractivity contribution in [3.05, 3.63) is 0 Å². The Morgan fingerprint density at radius 2 is 1.47 bits per heavy atom. The van der Waals surface area contributed by atoms with Crippen LogP contribution in [0.4, 0.5) is 0 Å². The van der Waals surface area contributed by atoms with E-state index in [9.17, 15) is 0 Å². The van der Waals surface area contributed by atoms with Gasteiger partial charge in [-0.3, -0.25) is 0 Å². The highest BCUT2D eigenvalue weighted by Gasteiger charge is 2.28. The van der Waals surface area contributed by atoms with Crippen LogP contribution in [0.2, 0.25) is 0 Å². The Kier molecular flexibility index (Phi) is 4.04. The molecule has 1 aliphatic carbocycles. The maximum Gasteiger partial charge on any atom is 0.00964 e. The number of hydrogen-bond donors (Lipinski definition) is 0. The zero-order valence-corrected chi connectivity index (χ0v) is 10.4. The summed E-state index contributed by atoms with van der Waals surface area (Å²) in [5.41, 5.74) is 0. The lowest BCUT2D eigenvalue weighted by Gasteiger charge is -2.25. The molecule has 2 aliphatic rings. The molecule has 0 aromatic carbocycles. The van der Waals surface area contributed by atoms with Crippen molar-refractivity contribution >= 4 is 0 Å². The molecule has 1 heterocycles. The SMILES string of the molecule is CC(C)N1CCCCN(C2CC2)CCC1. The third kappa shape index (κ3) is 3.46. The van der Waals surface area contributed by atoms with E-state index in [4.69, 9.17) is 0 Å². The standard InChI is InChI=1S/C13H26N2/c1-12(2)14-8-3-4-9-15(11-5-10-14)13-6-7-13/h12-13H,3-11H2,1-2H3. The van der Waals surface area contributed by atoms with Gasteiger partial charge in [-0.25, -0.2) is 0 Å². The van der Waals surface area contributed by atoms with Crippen molar-refractivity contribution in [2.24, 2.45) is 0 Å². The third-order valence-electron chi connectivity index (χ3n) is 3.82. The summed E-state index contributed by atoms with van der Waals surface area (Å²) in [5, 5.41) is 0. The van der Waals surface area contributed by atoms with Crippen molar-refractivity contribution in [2.75, 3.05) is 26.2 Å². The zero-order valence-electron chi connectivity index (χ0n) is 10.4. The van der Waals surface area contributed by atoms with Crippen LogP contribution in [0.1, 0.15) is 46.0 Å². The molecule has 2 fully saturated rings. The topological polar surface area (TPSA) is 6.48 Å². The van der Waals surface area contributed by atoms with Gasteiger partial charge in [-0.1, -0.05) is 0 Å². The van der Waals surface area contributed by atoms with Crippen molar-refractivity contribution in [2.45, 2.75) is 58.0 Å². The van der Waals surface area contributed by atoms with Crippen LogP contribution in [0.3, 0.4) is 0 Å². The molecule has 0 atom stereocenters. The van der Waals surface area contributed by atoms with Gasteiger partial charge >= 0.3 is 0 Å². The molecule has 15 heavy (non-hydrogen) atoms. The van der Waals surface area contributed by atoms with E-state index in [1.807, 2.05) is 0 Å². The van der Waals surface area contributed by atoms with E-state index in [0.29, 0.717) is 0 Å². The number of rotatable bonds is 2. The Labute approximate surface area is 94.6 Å². The minimum absolute atomic E-state index is 0.734. The van der Waals surface area contributed by atoms with Crippen LogP contribution in [-0.2, 0) is 0 Å². The minimum Gasteiger partial charge on any atom is -0.301 e. The number of hydrogen-bond acceptors (Lipinski definition) is 2. The molecule has 0 N–H and O–H groups in total. The van der Waals surface area contributed by atoms with Crippen LogP contribution in [-0.4, -0.2) is 48.1 Å². The summed E-state index contributed by atoms with van der Waals surface area (Å²) in [6, 6.07) is 1.70. The van der Waals surface area contributed by atoms with Crippen molar-refractivity contribution in [3.8, 4) is 0 Å². The summed E-state index contributed by atoms with van der Waals surface area (Å²) in [7, 11) is 0. The Morgan fingerprint density at radius 1 is 0.867 bits per heavy atom. The molecule has 2 heteroatoms. The Hall–Kier alpha value is -0.0800. The van der Waals surface area contributed by atoms with Crippen molar-refractivity contribution in [3.63, 3.8) is 0 Å². The summed E-state index contributed by atoms with van der Waals surface area (Å²) in [4.78, 5) is 5.39. The van der Waals surface area contributed by atoms with Gasteiger partial charge in [0.1, 0.15) is 0 Å². The summed E-state index contributed by atoms with van der Waals surface area (Å²) in [6.07, 6.45) is 7.09. The monoisotopic (exact) mass is 210 g/mol. The van der Waals surface area contributed by atoms with E-state index >= 15 is 0 Å². The summed E-state index contributed by atoms with van der Waals surface area (Å²) in [5.74, 6) is 0. The van der Waals surface area contributed by atoms with Crippen LogP contribution in [0.5, 0.6) is 0 Å². The van der Waals surface area contributed by atoms with Gasteiger partial charge in [0.25, 0.3) is 0 Å². The van der Waals surface area contributed by atoms with Crippen LogP contribution in [0.15, 0.2) is 0 Å². The highest BCUT2D eigenvalue weighted by Crippen LogP contribution is 2.27. The second-order valence-electron chi connectivity index (χ2n) is 5.46. The molecule has 2 rings (SSSR count). The molecule has 0 bridgehead atoms. The molecule has 0 radical (unpaired) electrons. The van der Waals surface area contributed by atoms with E-state index in [2.05, 4.69) is 23.6 Å². The molecule has 1 aliphatic heterocycles. The molecule has 2 nitrogen and oxygen atoms in total. The maximum atomic E-state index is 2.74. The van der Waals surface area contributed by atoms with Gasteiger partial charge in [0, 0.05) is 12.1 Å². The second-order valence-corrected chi connectivity index (χ2v) is 5.46. The predicted molar refractivity (Wildman–Crippen MR) is 65.2 cm³/mol. The first-order valence-corrected chi connectivity index (χ1v) is 6.75. The molecule has 0 aromatic rings. The van der Waals surface area contributed by atoms with E-state index in [-0.39, 0.29) is 0 Å². The molecular weight excluding hydrogens is 184 g/mol. The third-order valence-corrected chi connectivity index (χ3v) is 3.82. The zero-order chi connectivity index (χ0) is 10.7. The van der Waals surface area contributed by atoms with Crippen molar-refractivity contribution in [1.29, 1.82) is 0 Å². The van der Waals surface area contributed by atoms with Gasteiger partial charge in [0.05, 0.1) is 0 Å². The molecule has 0 amide bonds. The van der Waals surface area contributed by atoms with Gasteiger partial charge in [0.15, 0.2) is 0 Å². The van der Waals surface area contributed by atoms with Crippen LogP contribution in [0, 0.1) is 0 Å². The van der Waals surface area contributed by atoms with Gasteiger partial charge in [-0.15, -0.1) is 0 Å². The lowest BCUT2D eigenvalue weighted by atomic mass is 10.2. The molecule has 88 valence electrons. The lowest BCUT2D eigenvalue weighted by molar-refractivity contribution is 0.212. The van der Waals surface area contributed by atoms with Crippen molar-refractivity contribution < 1.29 is 0 Å². The first-order valence-electron chi connectivity index (χ1n) is 6.75. The maximum absolute atomic E-state index is 2.74. The largest absolute Gasteiger partial charge is 0.301 e. The molecule has 1 saturated heterocycles. The Morgan fingerprint density at radius 3 is 2.13 bits per heavy atom. The average Bonchev–Trinajstić information content (AvgIpc) is 3.00. The molecule has 1 saturated carbocycles.